The summed E-state index contributed by atoms with van der Waals surface area (Å²) in [5, 5.41) is 15.4. The first-order chi connectivity index (χ1) is 10.2. The molecule has 0 radical (unpaired) electrons. The molecule has 0 saturated carbocycles. The second-order valence-electron chi connectivity index (χ2n) is 4.59. The van der Waals surface area contributed by atoms with E-state index in [1.807, 2.05) is 36.4 Å². The van der Waals surface area contributed by atoms with Crippen LogP contribution in [0.25, 0.3) is 16.9 Å². The molecule has 5 heteroatoms. The predicted molar refractivity (Wildman–Crippen MR) is 84.9 cm³/mol. The summed E-state index contributed by atoms with van der Waals surface area (Å²) in [4.78, 5) is 0. The number of hydrogen-bond donors (Lipinski definition) is 1. The van der Waals surface area contributed by atoms with E-state index in [-0.39, 0.29) is 6.61 Å². The molecule has 21 heavy (non-hydrogen) atoms. The summed E-state index contributed by atoms with van der Waals surface area (Å²) in [6, 6.07) is 14.8. The number of benzene rings is 2. The highest BCUT2D eigenvalue weighted by Gasteiger charge is 2.11. The van der Waals surface area contributed by atoms with Crippen molar-refractivity contribution in [2.75, 3.05) is 0 Å². The molecule has 0 aliphatic rings. The van der Waals surface area contributed by atoms with E-state index >= 15 is 0 Å². The number of hydrogen-bond acceptors (Lipinski definition) is 2. The number of aliphatic hydroxyl groups excluding tert-OH is 1. The average Bonchev–Trinajstić information content (AvgIpc) is 2.92. The van der Waals surface area contributed by atoms with Crippen molar-refractivity contribution in [3.05, 3.63) is 70.3 Å². The molecule has 0 aliphatic carbocycles. The van der Waals surface area contributed by atoms with Crippen LogP contribution in [0.15, 0.2) is 54.7 Å². The number of nitrogens with zero attached hydrogens (tertiary/aromatic N) is 2. The molecule has 3 nitrogen and oxygen atoms in total. The summed E-state index contributed by atoms with van der Waals surface area (Å²) in [5.74, 6) is 0. The minimum absolute atomic E-state index is 0.0848. The van der Waals surface area contributed by atoms with Gasteiger partial charge < -0.3 is 5.11 Å². The molecular weight excluding hydrogens is 307 g/mol. The smallest absolute Gasteiger partial charge is 0.0982 e. The van der Waals surface area contributed by atoms with Crippen LogP contribution in [0.2, 0.25) is 10.0 Å². The topological polar surface area (TPSA) is 38.0 Å². The average molecular weight is 319 g/mol. The SMILES string of the molecule is OCc1cn(-c2cccc(Cl)c2)nc1-c1ccc(Cl)cc1. The van der Waals surface area contributed by atoms with Gasteiger partial charge in [-0.1, -0.05) is 41.4 Å². The maximum atomic E-state index is 9.54. The molecule has 0 amide bonds. The Hall–Kier alpha value is -1.81. The maximum absolute atomic E-state index is 9.54. The summed E-state index contributed by atoms with van der Waals surface area (Å²) in [7, 11) is 0. The lowest BCUT2D eigenvalue weighted by molar-refractivity contribution is 0.282. The van der Waals surface area contributed by atoms with Crippen LogP contribution in [0.1, 0.15) is 5.56 Å². The molecule has 1 N–H and O–H groups in total. The Balaban J connectivity index is 2.08. The van der Waals surface area contributed by atoms with Crippen molar-refractivity contribution < 1.29 is 5.11 Å². The molecule has 106 valence electrons. The van der Waals surface area contributed by atoms with Gasteiger partial charge in [-0.05, 0) is 30.3 Å². The highest BCUT2D eigenvalue weighted by molar-refractivity contribution is 6.31. The van der Waals surface area contributed by atoms with Gasteiger partial charge >= 0.3 is 0 Å². The van der Waals surface area contributed by atoms with Gasteiger partial charge in [0.15, 0.2) is 0 Å². The second-order valence-corrected chi connectivity index (χ2v) is 5.47. The van der Waals surface area contributed by atoms with Crippen molar-refractivity contribution in [2.24, 2.45) is 0 Å². The Kier molecular flexibility index (Phi) is 3.97. The Morgan fingerprint density at radius 3 is 2.43 bits per heavy atom. The first kappa shape index (κ1) is 14.1. The zero-order valence-corrected chi connectivity index (χ0v) is 12.5. The van der Waals surface area contributed by atoms with Gasteiger partial charge in [0.05, 0.1) is 18.0 Å². The van der Waals surface area contributed by atoms with Crippen molar-refractivity contribution in [1.29, 1.82) is 0 Å². The molecule has 0 fully saturated rings. The number of aliphatic hydroxyl groups is 1. The van der Waals surface area contributed by atoms with Crippen molar-refractivity contribution in [1.82, 2.24) is 9.78 Å². The number of rotatable bonds is 3. The minimum atomic E-state index is -0.0848. The largest absolute Gasteiger partial charge is 0.392 e. The quantitative estimate of drug-likeness (QED) is 0.780. The fourth-order valence-electron chi connectivity index (χ4n) is 2.13. The van der Waals surface area contributed by atoms with Crippen molar-refractivity contribution in [3.8, 4) is 16.9 Å². The molecule has 2 aromatic carbocycles. The Bertz CT molecular complexity index is 766. The lowest BCUT2D eigenvalue weighted by atomic mass is 10.1. The molecule has 1 aromatic heterocycles. The van der Waals surface area contributed by atoms with E-state index in [0.717, 1.165) is 22.5 Å². The lowest BCUT2D eigenvalue weighted by Gasteiger charge is -2.01. The summed E-state index contributed by atoms with van der Waals surface area (Å²) in [6.07, 6.45) is 1.80. The lowest BCUT2D eigenvalue weighted by Crippen LogP contribution is -1.94. The van der Waals surface area contributed by atoms with E-state index in [9.17, 15) is 5.11 Å². The predicted octanol–water partition coefficient (Wildman–Crippen LogP) is 4.34. The third kappa shape index (κ3) is 2.95. The van der Waals surface area contributed by atoms with Crippen LogP contribution >= 0.6 is 23.2 Å². The van der Waals surface area contributed by atoms with E-state index in [2.05, 4.69) is 5.10 Å². The second kappa shape index (κ2) is 5.90. The highest BCUT2D eigenvalue weighted by Crippen LogP contribution is 2.25. The van der Waals surface area contributed by atoms with Crippen LogP contribution in [0, 0.1) is 0 Å². The molecule has 0 spiro atoms. The van der Waals surface area contributed by atoms with E-state index in [1.165, 1.54) is 0 Å². The summed E-state index contributed by atoms with van der Waals surface area (Å²) >= 11 is 11.9. The van der Waals surface area contributed by atoms with Crippen LogP contribution in [0.3, 0.4) is 0 Å². The summed E-state index contributed by atoms with van der Waals surface area (Å²) in [6.45, 7) is -0.0848. The van der Waals surface area contributed by atoms with Crippen LogP contribution in [-0.2, 0) is 6.61 Å². The van der Waals surface area contributed by atoms with Gasteiger partial charge in [0, 0.05) is 27.4 Å². The Morgan fingerprint density at radius 2 is 1.76 bits per heavy atom. The maximum Gasteiger partial charge on any atom is 0.0982 e. The molecule has 0 unspecified atom stereocenters. The van der Waals surface area contributed by atoms with Crippen LogP contribution in [0.5, 0.6) is 0 Å². The van der Waals surface area contributed by atoms with Gasteiger partial charge in [0.25, 0.3) is 0 Å². The first-order valence-electron chi connectivity index (χ1n) is 6.38. The zero-order chi connectivity index (χ0) is 14.8. The summed E-state index contributed by atoms with van der Waals surface area (Å²) in [5.41, 5.74) is 3.23. The minimum Gasteiger partial charge on any atom is -0.392 e. The van der Waals surface area contributed by atoms with Crippen LogP contribution in [-0.4, -0.2) is 14.9 Å². The van der Waals surface area contributed by atoms with Gasteiger partial charge in [0.2, 0.25) is 0 Å². The van der Waals surface area contributed by atoms with Crippen molar-refractivity contribution in [2.45, 2.75) is 6.61 Å². The molecule has 3 aromatic rings. The van der Waals surface area contributed by atoms with E-state index in [4.69, 9.17) is 23.2 Å². The van der Waals surface area contributed by atoms with Crippen molar-refractivity contribution >= 4 is 23.2 Å². The van der Waals surface area contributed by atoms with E-state index in [1.54, 1.807) is 23.0 Å². The molecule has 0 saturated heterocycles. The Labute approximate surface area is 132 Å². The summed E-state index contributed by atoms with van der Waals surface area (Å²) < 4.78 is 1.71. The van der Waals surface area contributed by atoms with Crippen molar-refractivity contribution in [3.63, 3.8) is 0 Å². The van der Waals surface area contributed by atoms with Gasteiger partial charge in [0.1, 0.15) is 0 Å². The number of halogens is 2. The van der Waals surface area contributed by atoms with Gasteiger partial charge in [-0.3, -0.25) is 0 Å². The zero-order valence-electron chi connectivity index (χ0n) is 11.0. The molecule has 1 heterocycles. The fraction of sp³-hybridized carbons (Fsp3) is 0.0625. The Morgan fingerprint density at radius 1 is 1.00 bits per heavy atom. The molecule has 3 rings (SSSR count). The standard InChI is InChI=1S/C16H12Cl2N2O/c17-13-6-4-11(5-7-13)16-12(10-21)9-20(19-16)15-3-1-2-14(18)8-15/h1-9,21H,10H2. The molecular formula is C16H12Cl2N2O. The highest BCUT2D eigenvalue weighted by atomic mass is 35.5. The first-order valence-corrected chi connectivity index (χ1v) is 7.14. The third-order valence-electron chi connectivity index (χ3n) is 3.15. The normalized spacial score (nSPS) is 10.8. The van der Waals surface area contributed by atoms with Gasteiger partial charge in [-0.25, -0.2) is 4.68 Å². The van der Waals surface area contributed by atoms with Gasteiger partial charge in [-0.15, -0.1) is 0 Å². The van der Waals surface area contributed by atoms with Gasteiger partial charge in [-0.2, -0.15) is 5.10 Å². The van der Waals surface area contributed by atoms with Crippen LogP contribution < -0.4 is 0 Å². The third-order valence-corrected chi connectivity index (χ3v) is 3.64. The fourth-order valence-corrected chi connectivity index (χ4v) is 2.44. The molecule has 0 bridgehead atoms. The molecule has 0 aliphatic heterocycles. The van der Waals surface area contributed by atoms with Crippen LogP contribution in [0.4, 0.5) is 0 Å². The van der Waals surface area contributed by atoms with E-state index < -0.39 is 0 Å². The monoisotopic (exact) mass is 318 g/mol. The molecule has 0 atom stereocenters. The number of aromatic nitrogens is 2. The van der Waals surface area contributed by atoms with E-state index in [0.29, 0.717) is 10.0 Å².